The zero-order chi connectivity index (χ0) is 74.8. The van der Waals surface area contributed by atoms with Crippen LogP contribution in [0, 0.1) is 10.8 Å². The minimum absolute atomic E-state index is 0. The fraction of sp³-hybridized carbons (Fsp3) is 0.371. The predicted octanol–water partition coefficient (Wildman–Crippen LogP) is 9.81. The number of hydrogen-bond donors (Lipinski definition) is 8. The Bertz CT molecular complexity index is 4020. The maximum atomic E-state index is 13.6. The number of aryl methyl sites for hydroxylation is 2. The molecule has 103 heavy (non-hydrogen) atoms. The average Bonchev–Trinajstić information content (AvgIpc) is 1.68. The number of amidine groups is 2. The van der Waals surface area contributed by atoms with E-state index in [4.69, 9.17) is 48.8 Å². The first-order valence-corrected chi connectivity index (χ1v) is 36.6. The number of pyridine rings is 2. The van der Waals surface area contributed by atoms with Crippen molar-refractivity contribution in [3.63, 3.8) is 0 Å². The number of alkyl carbamates (subject to hydrolysis) is 2. The third kappa shape index (κ3) is 30.2. The van der Waals surface area contributed by atoms with Gasteiger partial charge in [0.25, 0.3) is 32.1 Å². The lowest BCUT2D eigenvalue weighted by molar-refractivity contribution is -0.143. The molecule has 0 radical (unpaired) electrons. The molecule has 0 spiro atoms. The largest absolute Gasteiger partial charge is 0.466 e. The summed E-state index contributed by atoms with van der Waals surface area (Å²) in [7, 11) is -3.52. The van der Waals surface area contributed by atoms with Gasteiger partial charge in [0.05, 0.1) is 86.9 Å². The van der Waals surface area contributed by atoms with Gasteiger partial charge in [-0.1, -0.05) is 64.5 Å². The first kappa shape index (κ1) is 84.7. The Morgan fingerprint density at radius 3 is 1.17 bits per heavy atom. The van der Waals surface area contributed by atoms with E-state index < -0.39 is 32.4 Å². The summed E-state index contributed by atoms with van der Waals surface area (Å²) < 4.78 is 76.0. The van der Waals surface area contributed by atoms with Crippen LogP contribution < -0.4 is 31.1 Å². The number of fused-ring (bicyclic) bond motifs is 2. The van der Waals surface area contributed by atoms with E-state index >= 15 is 0 Å². The van der Waals surface area contributed by atoms with E-state index in [0.29, 0.717) is 83.7 Å². The molecule has 0 saturated heterocycles. The van der Waals surface area contributed by atoms with Gasteiger partial charge in [0, 0.05) is 73.2 Å². The highest BCUT2D eigenvalue weighted by molar-refractivity contribution is 7.85. The number of nitrogens with zero attached hydrogens (tertiary/aromatic N) is 8. The molecule has 10 N–H and O–H groups in total. The lowest BCUT2D eigenvalue weighted by Gasteiger charge is -2.21. The lowest BCUT2D eigenvalue weighted by atomic mass is 10.1. The average molecular weight is 1470 g/mol. The molecule has 8 aromatic rings. The van der Waals surface area contributed by atoms with E-state index in [9.17, 15) is 45.6 Å². The zero-order valence-corrected chi connectivity index (χ0v) is 60.6. The summed E-state index contributed by atoms with van der Waals surface area (Å²) in [5, 5.41) is 28.0. The highest BCUT2D eigenvalue weighted by atomic mass is 32.2. The Hall–Kier alpha value is -10.7. The Labute approximate surface area is 598 Å². The molecule has 0 bridgehead atoms. The number of carbonyl (C=O) groups is 6. The number of rotatable bonds is 30. The molecule has 4 heterocycles. The molecule has 0 aliphatic rings. The van der Waals surface area contributed by atoms with Crippen molar-refractivity contribution in [2.24, 2.45) is 14.1 Å². The van der Waals surface area contributed by atoms with Crippen LogP contribution in [-0.2, 0) is 76.0 Å². The van der Waals surface area contributed by atoms with Crippen LogP contribution in [0.15, 0.2) is 134 Å². The SMILES string of the molecule is CCCCCCOC(=O)NC(=N)c1ccc(NCc2nc3cc(C(=O)N(CCC(=O)OCC)c4ccccn4)ccc3n2C)cc1.CCCCCCOC(=O)NC(=N)c1ccc(NCc2nc3cc(C(=O)N(CCC(=O)OCC)c4ccccn4)ccc3n2C)cc1.CS(=O)(=O)O.CS(=O)(=O)O.O. The summed E-state index contributed by atoms with van der Waals surface area (Å²) in [5.74, 6) is 0.966. The Morgan fingerprint density at radius 1 is 0.495 bits per heavy atom. The molecule has 0 fully saturated rings. The molecular formula is C70H92N14O17S2. The quantitative estimate of drug-likeness (QED) is 0.00518. The predicted molar refractivity (Wildman–Crippen MR) is 393 cm³/mol. The van der Waals surface area contributed by atoms with Crippen LogP contribution in [-0.4, -0.2) is 160 Å². The van der Waals surface area contributed by atoms with Gasteiger partial charge in [0.2, 0.25) is 0 Å². The maximum absolute atomic E-state index is 13.6. The van der Waals surface area contributed by atoms with Gasteiger partial charge in [0.15, 0.2) is 0 Å². The molecule has 33 heteroatoms. The summed E-state index contributed by atoms with van der Waals surface area (Å²) in [6.07, 6.45) is 11.5. The van der Waals surface area contributed by atoms with Gasteiger partial charge in [-0.15, -0.1) is 0 Å². The molecular weight excluding hydrogens is 1370 g/mol. The van der Waals surface area contributed by atoms with Crippen LogP contribution in [0.3, 0.4) is 0 Å². The smallest absolute Gasteiger partial charge is 0.412 e. The van der Waals surface area contributed by atoms with E-state index in [1.54, 1.807) is 111 Å². The van der Waals surface area contributed by atoms with Crippen LogP contribution in [0.2, 0.25) is 0 Å². The van der Waals surface area contributed by atoms with Crippen LogP contribution >= 0.6 is 0 Å². The van der Waals surface area contributed by atoms with E-state index in [1.807, 2.05) is 59.6 Å². The minimum Gasteiger partial charge on any atom is -0.466 e. The van der Waals surface area contributed by atoms with Crippen LogP contribution in [0.25, 0.3) is 22.1 Å². The Balaban J connectivity index is 0.000000382. The summed E-state index contributed by atoms with van der Waals surface area (Å²) in [6.45, 7) is 10.0. The summed E-state index contributed by atoms with van der Waals surface area (Å²) in [4.78, 5) is 96.4. The number of benzene rings is 4. The third-order valence-corrected chi connectivity index (χ3v) is 14.6. The number of esters is 2. The number of carbonyl (C=O) groups excluding carboxylic acids is 6. The monoisotopic (exact) mass is 1460 g/mol. The first-order valence-electron chi connectivity index (χ1n) is 32.9. The van der Waals surface area contributed by atoms with Gasteiger partial charge >= 0.3 is 24.1 Å². The fourth-order valence-electron chi connectivity index (χ4n) is 9.61. The fourth-order valence-corrected chi connectivity index (χ4v) is 9.61. The van der Waals surface area contributed by atoms with E-state index in [1.165, 1.54) is 9.80 Å². The van der Waals surface area contributed by atoms with Crippen molar-refractivity contribution in [1.82, 2.24) is 39.7 Å². The molecule has 556 valence electrons. The standard InChI is InChI=1S/2C34H41N7O5.2CH4O3S.H2O/c2*1-4-6-7-10-21-46-34(44)39-32(35)24-12-15-26(16-13-24)37-23-30-38-27-22-25(14-17-28(27)40(30)3)33(43)41(20-18-31(42)45-5-2)29-11-8-9-19-36-29;2*1-5(2,3)4;/h2*8-9,11-17,19,22,37H,4-7,10,18,20-21,23H2,1-3H3,(H2,35,39,44);2*1H3,(H,2,3,4);1H2. The number of amides is 4. The molecule has 8 rings (SSSR count). The molecule has 4 aromatic heterocycles. The van der Waals surface area contributed by atoms with E-state index in [0.717, 1.165) is 85.4 Å². The molecule has 4 amide bonds. The molecule has 0 aliphatic heterocycles. The van der Waals surface area contributed by atoms with Gasteiger partial charge in [-0.3, -0.25) is 59.5 Å². The molecule has 0 aliphatic carbocycles. The van der Waals surface area contributed by atoms with Crippen molar-refractivity contribution in [3.05, 3.63) is 168 Å². The molecule has 0 saturated carbocycles. The zero-order valence-electron chi connectivity index (χ0n) is 58.9. The van der Waals surface area contributed by atoms with Crippen LogP contribution in [0.4, 0.5) is 32.6 Å². The Kier molecular flexibility index (Phi) is 35.5. The van der Waals surface area contributed by atoms with Crippen LogP contribution in [0.5, 0.6) is 0 Å². The normalized spacial score (nSPS) is 10.7. The van der Waals surface area contributed by atoms with Crippen molar-refractivity contribution in [2.75, 3.05) is 72.5 Å². The number of aromatic nitrogens is 6. The number of nitrogens with one attached hydrogen (secondary N) is 6. The van der Waals surface area contributed by atoms with Crippen LogP contribution in [0.1, 0.15) is 135 Å². The topological polar surface area (TPSA) is 443 Å². The van der Waals surface area contributed by atoms with Crippen molar-refractivity contribution in [3.8, 4) is 0 Å². The van der Waals surface area contributed by atoms with Gasteiger partial charge in [-0.2, -0.15) is 16.8 Å². The van der Waals surface area contributed by atoms with Gasteiger partial charge in [0.1, 0.15) is 35.0 Å². The second kappa shape index (κ2) is 43.2. The number of anilines is 4. The van der Waals surface area contributed by atoms with Crippen molar-refractivity contribution >= 4 is 113 Å². The first-order chi connectivity index (χ1) is 48.6. The third-order valence-electron chi connectivity index (χ3n) is 14.6. The lowest BCUT2D eigenvalue weighted by Crippen LogP contribution is -2.34. The molecule has 0 atom stereocenters. The highest BCUT2D eigenvalue weighted by Crippen LogP contribution is 2.24. The van der Waals surface area contributed by atoms with Crippen molar-refractivity contribution < 1.29 is 79.1 Å². The number of unbranched alkanes of at least 4 members (excludes halogenated alkanes) is 6. The molecule has 31 nitrogen and oxygen atoms in total. The van der Waals surface area contributed by atoms with Gasteiger partial charge in [-0.05, 0) is 136 Å². The number of ether oxygens (including phenoxy) is 4. The number of imidazole rings is 2. The summed E-state index contributed by atoms with van der Waals surface area (Å²) in [6, 6.07) is 35.5. The molecule has 4 aromatic carbocycles. The van der Waals surface area contributed by atoms with E-state index in [-0.39, 0.29) is 80.0 Å². The highest BCUT2D eigenvalue weighted by Gasteiger charge is 2.24. The Morgan fingerprint density at radius 2 is 0.845 bits per heavy atom. The van der Waals surface area contributed by atoms with Crippen molar-refractivity contribution in [1.29, 1.82) is 10.8 Å². The van der Waals surface area contributed by atoms with Gasteiger partial charge < -0.3 is 44.2 Å². The second-order valence-electron chi connectivity index (χ2n) is 22.7. The minimum atomic E-state index is -3.67. The summed E-state index contributed by atoms with van der Waals surface area (Å²) >= 11 is 0. The van der Waals surface area contributed by atoms with E-state index in [2.05, 4.69) is 45.1 Å². The second-order valence-corrected chi connectivity index (χ2v) is 25.6. The van der Waals surface area contributed by atoms with Gasteiger partial charge in [-0.25, -0.2) is 29.5 Å². The molecule has 0 unspecified atom stereocenters. The summed E-state index contributed by atoms with van der Waals surface area (Å²) in [5.41, 5.74) is 6.60. The number of hydrogen-bond acceptors (Lipinski definition) is 22. The van der Waals surface area contributed by atoms with Crippen molar-refractivity contribution in [2.45, 2.75) is 105 Å². The maximum Gasteiger partial charge on any atom is 0.412 e.